The Morgan fingerprint density at radius 2 is 2.37 bits per heavy atom. The van der Waals surface area contributed by atoms with E-state index >= 15 is 0 Å². The van der Waals surface area contributed by atoms with Gasteiger partial charge in [-0.25, -0.2) is 4.98 Å². The topological polar surface area (TPSA) is 76.2 Å². The first-order valence-corrected chi connectivity index (χ1v) is 6.71. The van der Waals surface area contributed by atoms with Crippen LogP contribution in [0.3, 0.4) is 0 Å². The summed E-state index contributed by atoms with van der Waals surface area (Å²) in [6, 6.07) is 0.0357. The first kappa shape index (κ1) is 15.7. The standard InChI is InChI=1S/C13H25N5O/c1-4-5-16-13(19)8-11(9-14)18(3)10-12-15-6-7-17(12)2/h6-7,11H,4-5,8-10,14H2,1-3H3,(H,16,19). The molecule has 0 aromatic carbocycles. The highest BCUT2D eigenvalue weighted by atomic mass is 16.1. The molecule has 1 rings (SSSR count). The predicted octanol–water partition coefficient (Wildman–Crippen LogP) is 0.0955. The van der Waals surface area contributed by atoms with Crippen LogP contribution in [0.5, 0.6) is 0 Å². The molecule has 3 N–H and O–H groups in total. The molecule has 1 aromatic heterocycles. The van der Waals surface area contributed by atoms with Gasteiger partial charge in [-0.2, -0.15) is 0 Å². The third-order valence-electron chi connectivity index (χ3n) is 3.20. The summed E-state index contributed by atoms with van der Waals surface area (Å²) in [6.07, 6.45) is 5.06. The van der Waals surface area contributed by atoms with E-state index in [9.17, 15) is 4.79 Å². The van der Waals surface area contributed by atoms with Gasteiger partial charge >= 0.3 is 0 Å². The van der Waals surface area contributed by atoms with Gasteiger partial charge in [-0.05, 0) is 13.5 Å². The van der Waals surface area contributed by atoms with E-state index < -0.39 is 0 Å². The highest BCUT2D eigenvalue weighted by Gasteiger charge is 2.18. The summed E-state index contributed by atoms with van der Waals surface area (Å²) in [5, 5.41) is 2.88. The molecule has 6 heteroatoms. The van der Waals surface area contributed by atoms with E-state index in [0.717, 1.165) is 18.8 Å². The summed E-state index contributed by atoms with van der Waals surface area (Å²) in [7, 11) is 3.93. The number of carbonyl (C=O) groups excluding carboxylic acids is 1. The van der Waals surface area contributed by atoms with Crippen molar-refractivity contribution in [1.82, 2.24) is 19.8 Å². The Labute approximate surface area is 115 Å². The van der Waals surface area contributed by atoms with Crippen molar-refractivity contribution in [1.29, 1.82) is 0 Å². The highest BCUT2D eigenvalue weighted by molar-refractivity contribution is 5.76. The molecule has 0 saturated heterocycles. The van der Waals surface area contributed by atoms with E-state index in [1.54, 1.807) is 6.20 Å². The number of amides is 1. The van der Waals surface area contributed by atoms with Crippen LogP contribution in [-0.2, 0) is 18.4 Å². The van der Waals surface area contributed by atoms with E-state index in [1.807, 2.05) is 31.8 Å². The van der Waals surface area contributed by atoms with Gasteiger partial charge in [-0.1, -0.05) is 6.92 Å². The number of likely N-dealkylation sites (N-methyl/N-ethyl adjacent to an activating group) is 1. The lowest BCUT2D eigenvalue weighted by Gasteiger charge is -2.26. The zero-order valence-electron chi connectivity index (χ0n) is 12.1. The highest BCUT2D eigenvalue weighted by Crippen LogP contribution is 2.06. The molecule has 1 unspecified atom stereocenters. The van der Waals surface area contributed by atoms with Crippen molar-refractivity contribution in [3.63, 3.8) is 0 Å². The van der Waals surface area contributed by atoms with Gasteiger partial charge in [-0.3, -0.25) is 9.69 Å². The molecule has 0 aliphatic carbocycles. The molecule has 0 fully saturated rings. The van der Waals surface area contributed by atoms with Crippen LogP contribution in [0.15, 0.2) is 12.4 Å². The Bertz CT molecular complexity index is 390. The fourth-order valence-corrected chi connectivity index (χ4v) is 1.87. The lowest BCUT2D eigenvalue weighted by Crippen LogP contribution is -2.42. The number of nitrogens with two attached hydrogens (primary N) is 1. The first-order valence-electron chi connectivity index (χ1n) is 6.71. The predicted molar refractivity (Wildman–Crippen MR) is 75.4 cm³/mol. The third kappa shape index (κ3) is 5.00. The molecule has 0 bridgehead atoms. The molecule has 1 atom stereocenters. The van der Waals surface area contributed by atoms with Crippen molar-refractivity contribution in [3.8, 4) is 0 Å². The first-order chi connectivity index (χ1) is 9.08. The zero-order chi connectivity index (χ0) is 14.3. The Hall–Kier alpha value is -1.40. The number of imidazole rings is 1. The van der Waals surface area contributed by atoms with Gasteiger partial charge in [0.05, 0.1) is 6.54 Å². The van der Waals surface area contributed by atoms with Gasteiger partial charge in [-0.15, -0.1) is 0 Å². The number of rotatable bonds is 8. The maximum absolute atomic E-state index is 11.7. The second kappa shape index (κ2) is 7.91. The molecular weight excluding hydrogens is 242 g/mol. The molecule has 0 aliphatic heterocycles. The van der Waals surface area contributed by atoms with E-state index in [2.05, 4.69) is 15.2 Å². The molecular formula is C13H25N5O. The van der Waals surface area contributed by atoms with Crippen molar-refractivity contribution < 1.29 is 4.79 Å². The number of carbonyl (C=O) groups is 1. The number of nitrogens with zero attached hydrogens (tertiary/aromatic N) is 3. The molecule has 1 heterocycles. The van der Waals surface area contributed by atoms with Crippen LogP contribution < -0.4 is 11.1 Å². The third-order valence-corrected chi connectivity index (χ3v) is 3.20. The number of aryl methyl sites for hydroxylation is 1. The molecule has 0 aliphatic rings. The Kier molecular flexibility index (Phi) is 6.52. The van der Waals surface area contributed by atoms with Crippen molar-refractivity contribution in [2.24, 2.45) is 12.8 Å². The summed E-state index contributed by atoms with van der Waals surface area (Å²) in [5.41, 5.74) is 5.77. The smallest absolute Gasteiger partial charge is 0.221 e. The molecule has 1 aromatic rings. The van der Waals surface area contributed by atoms with Crippen molar-refractivity contribution >= 4 is 5.91 Å². The van der Waals surface area contributed by atoms with E-state index in [-0.39, 0.29) is 11.9 Å². The normalized spacial score (nSPS) is 12.7. The van der Waals surface area contributed by atoms with Crippen LogP contribution in [0.1, 0.15) is 25.6 Å². The number of nitrogens with one attached hydrogen (secondary N) is 1. The largest absolute Gasteiger partial charge is 0.356 e. The summed E-state index contributed by atoms with van der Waals surface area (Å²) >= 11 is 0. The van der Waals surface area contributed by atoms with Gasteiger partial charge in [0.1, 0.15) is 5.82 Å². The Balaban J connectivity index is 2.49. The minimum Gasteiger partial charge on any atom is -0.356 e. The Morgan fingerprint density at radius 3 is 2.89 bits per heavy atom. The lowest BCUT2D eigenvalue weighted by molar-refractivity contribution is -0.122. The SMILES string of the molecule is CCCNC(=O)CC(CN)N(C)Cc1nccn1C. The van der Waals surface area contributed by atoms with Crippen LogP contribution in [0, 0.1) is 0 Å². The van der Waals surface area contributed by atoms with E-state index in [1.165, 1.54) is 0 Å². The number of hydrogen-bond donors (Lipinski definition) is 2. The van der Waals surface area contributed by atoms with Crippen LogP contribution in [0.25, 0.3) is 0 Å². The minimum atomic E-state index is 0.0357. The van der Waals surface area contributed by atoms with Crippen LogP contribution in [0.2, 0.25) is 0 Å². The van der Waals surface area contributed by atoms with Crippen LogP contribution >= 0.6 is 0 Å². The van der Waals surface area contributed by atoms with Gasteiger partial charge in [0.2, 0.25) is 5.91 Å². The van der Waals surface area contributed by atoms with Gasteiger partial charge in [0.15, 0.2) is 0 Å². The maximum Gasteiger partial charge on any atom is 0.221 e. The molecule has 19 heavy (non-hydrogen) atoms. The number of aromatic nitrogens is 2. The number of hydrogen-bond acceptors (Lipinski definition) is 4. The van der Waals surface area contributed by atoms with Gasteiger partial charge in [0.25, 0.3) is 0 Å². The van der Waals surface area contributed by atoms with Crippen molar-refractivity contribution in [3.05, 3.63) is 18.2 Å². The van der Waals surface area contributed by atoms with Gasteiger partial charge in [0, 0.05) is 45.0 Å². The van der Waals surface area contributed by atoms with Crippen molar-refractivity contribution in [2.45, 2.75) is 32.4 Å². The summed E-state index contributed by atoms with van der Waals surface area (Å²) in [6.45, 7) is 3.90. The zero-order valence-corrected chi connectivity index (χ0v) is 12.1. The van der Waals surface area contributed by atoms with E-state index in [4.69, 9.17) is 5.73 Å². The molecule has 0 radical (unpaired) electrons. The summed E-state index contributed by atoms with van der Waals surface area (Å²) in [5.74, 6) is 1.03. The second-order valence-corrected chi connectivity index (χ2v) is 4.81. The van der Waals surface area contributed by atoms with Gasteiger partial charge < -0.3 is 15.6 Å². The minimum absolute atomic E-state index is 0.0357. The molecule has 0 saturated carbocycles. The molecule has 0 spiro atoms. The fraction of sp³-hybridized carbons (Fsp3) is 0.692. The quantitative estimate of drug-likeness (QED) is 0.700. The molecule has 108 valence electrons. The lowest BCUT2D eigenvalue weighted by atomic mass is 10.1. The summed E-state index contributed by atoms with van der Waals surface area (Å²) < 4.78 is 1.97. The monoisotopic (exact) mass is 267 g/mol. The van der Waals surface area contributed by atoms with Crippen LogP contribution in [-0.4, -0.2) is 46.5 Å². The van der Waals surface area contributed by atoms with Crippen molar-refractivity contribution in [2.75, 3.05) is 20.1 Å². The fourth-order valence-electron chi connectivity index (χ4n) is 1.87. The maximum atomic E-state index is 11.7. The Morgan fingerprint density at radius 1 is 1.63 bits per heavy atom. The second-order valence-electron chi connectivity index (χ2n) is 4.81. The van der Waals surface area contributed by atoms with Crippen LogP contribution in [0.4, 0.5) is 0 Å². The molecule has 1 amide bonds. The average molecular weight is 267 g/mol. The summed E-state index contributed by atoms with van der Waals surface area (Å²) in [4.78, 5) is 18.1. The van der Waals surface area contributed by atoms with E-state index in [0.29, 0.717) is 19.5 Å². The average Bonchev–Trinajstić information content (AvgIpc) is 2.79. The molecule has 6 nitrogen and oxygen atoms in total.